The Bertz CT molecular complexity index is 751. The second kappa shape index (κ2) is 5.31. The molecular formula is C17H19N3O. The van der Waals surface area contributed by atoms with Gasteiger partial charge >= 0.3 is 0 Å². The zero-order chi connectivity index (χ0) is 14.9. The van der Waals surface area contributed by atoms with E-state index in [-0.39, 0.29) is 6.54 Å². The predicted octanol–water partition coefficient (Wildman–Crippen LogP) is 1.96. The Morgan fingerprint density at radius 2 is 1.76 bits per heavy atom. The van der Waals surface area contributed by atoms with E-state index in [1.807, 2.05) is 66.2 Å². The monoisotopic (exact) mass is 281 g/mol. The lowest BCUT2D eigenvalue weighted by atomic mass is 9.90. The van der Waals surface area contributed by atoms with Crippen LogP contribution in [0.15, 0.2) is 54.6 Å². The van der Waals surface area contributed by atoms with Crippen LogP contribution in [0.2, 0.25) is 0 Å². The van der Waals surface area contributed by atoms with E-state index >= 15 is 0 Å². The van der Waals surface area contributed by atoms with Crippen LogP contribution in [0.5, 0.6) is 0 Å². The maximum Gasteiger partial charge on any atom is 0.112 e. The number of aliphatic hydroxyl groups is 1. The van der Waals surface area contributed by atoms with Crippen LogP contribution in [0.4, 0.5) is 0 Å². The Balaban J connectivity index is 2.01. The van der Waals surface area contributed by atoms with Gasteiger partial charge in [-0.05, 0) is 17.7 Å². The highest BCUT2D eigenvalue weighted by molar-refractivity contribution is 5.75. The number of benzene rings is 2. The molecule has 3 rings (SSSR count). The first-order valence-electron chi connectivity index (χ1n) is 7.02. The summed E-state index contributed by atoms with van der Waals surface area (Å²) in [5, 5.41) is 10.9. The molecule has 0 aliphatic carbocycles. The summed E-state index contributed by atoms with van der Waals surface area (Å²) in [6.45, 7) is 0.153. The van der Waals surface area contributed by atoms with Gasteiger partial charge in [0.25, 0.3) is 0 Å². The van der Waals surface area contributed by atoms with Crippen molar-refractivity contribution in [1.29, 1.82) is 0 Å². The molecule has 0 spiro atoms. The Labute approximate surface area is 123 Å². The quantitative estimate of drug-likeness (QED) is 0.768. The average Bonchev–Trinajstić information content (AvgIpc) is 2.84. The second-order valence-corrected chi connectivity index (χ2v) is 5.35. The summed E-state index contributed by atoms with van der Waals surface area (Å²) < 4.78 is 2.01. The smallest absolute Gasteiger partial charge is 0.112 e. The molecular weight excluding hydrogens is 262 g/mol. The first-order chi connectivity index (χ1) is 10.1. The van der Waals surface area contributed by atoms with E-state index in [9.17, 15) is 5.11 Å². The van der Waals surface area contributed by atoms with Crippen LogP contribution in [0, 0.1) is 0 Å². The number of nitrogens with zero attached hydrogens (tertiary/aromatic N) is 2. The molecule has 1 heterocycles. The molecule has 1 atom stereocenters. The predicted molar refractivity (Wildman–Crippen MR) is 83.8 cm³/mol. The summed E-state index contributed by atoms with van der Waals surface area (Å²) in [4.78, 5) is 4.62. The maximum atomic E-state index is 10.9. The summed E-state index contributed by atoms with van der Waals surface area (Å²) in [6.07, 6.45) is 0.388. The van der Waals surface area contributed by atoms with Crippen LogP contribution in [0.3, 0.4) is 0 Å². The third-order valence-corrected chi connectivity index (χ3v) is 3.98. The molecule has 108 valence electrons. The fraction of sp³-hybridized carbons (Fsp3) is 0.235. The van der Waals surface area contributed by atoms with Crippen LogP contribution in [0.25, 0.3) is 11.0 Å². The van der Waals surface area contributed by atoms with Gasteiger partial charge in [0.1, 0.15) is 11.4 Å². The first kappa shape index (κ1) is 13.8. The van der Waals surface area contributed by atoms with Gasteiger partial charge in [0.05, 0.1) is 11.0 Å². The summed E-state index contributed by atoms with van der Waals surface area (Å²) in [5.74, 6) is 0.827. The molecule has 0 amide bonds. The molecule has 1 unspecified atom stereocenters. The highest BCUT2D eigenvalue weighted by Crippen LogP contribution is 2.26. The second-order valence-electron chi connectivity index (χ2n) is 5.35. The van der Waals surface area contributed by atoms with E-state index in [2.05, 4.69) is 4.98 Å². The van der Waals surface area contributed by atoms with E-state index in [0.29, 0.717) is 6.42 Å². The topological polar surface area (TPSA) is 64.1 Å². The molecule has 0 radical (unpaired) electrons. The highest BCUT2D eigenvalue weighted by atomic mass is 16.3. The molecule has 1 aromatic heterocycles. The van der Waals surface area contributed by atoms with E-state index in [0.717, 1.165) is 22.4 Å². The zero-order valence-corrected chi connectivity index (χ0v) is 12.0. The van der Waals surface area contributed by atoms with Crippen LogP contribution >= 0.6 is 0 Å². The Morgan fingerprint density at radius 3 is 2.43 bits per heavy atom. The van der Waals surface area contributed by atoms with Crippen molar-refractivity contribution in [3.05, 3.63) is 66.0 Å². The van der Waals surface area contributed by atoms with E-state index in [1.165, 1.54) is 0 Å². The van der Waals surface area contributed by atoms with Gasteiger partial charge in [0, 0.05) is 20.0 Å². The number of para-hydroxylation sites is 2. The molecule has 4 nitrogen and oxygen atoms in total. The number of fused-ring (bicyclic) bond motifs is 1. The fourth-order valence-corrected chi connectivity index (χ4v) is 2.66. The van der Waals surface area contributed by atoms with Crippen LogP contribution < -0.4 is 5.73 Å². The molecule has 3 N–H and O–H groups in total. The van der Waals surface area contributed by atoms with E-state index in [1.54, 1.807) is 0 Å². The molecule has 4 heteroatoms. The van der Waals surface area contributed by atoms with E-state index in [4.69, 9.17) is 5.73 Å². The number of hydrogen-bond donors (Lipinski definition) is 2. The molecule has 0 aliphatic heterocycles. The fourth-order valence-electron chi connectivity index (χ4n) is 2.66. The van der Waals surface area contributed by atoms with Gasteiger partial charge in [0.2, 0.25) is 0 Å². The number of imidazole rings is 1. The summed E-state index contributed by atoms with van der Waals surface area (Å²) in [5.41, 5.74) is 7.55. The molecule has 0 saturated heterocycles. The van der Waals surface area contributed by atoms with Gasteiger partial charge in [-0.25, -0.2) is 4.98 Å². The minimum Gasteiger partial charge on any atom is -0.383 e. The van der Waals surface area contributed by atoms with Crippen LogP contribution in [-0.2, 0) is 19.1 Å². The van der Waals surface area contributed by atoms with Gasteiger partial charge in [-0.2, -0.15) is 0 Å². The van der Waals surface area contributed by atoms with Gasteiger partial charge in [-0.15, -0.1) is 0 Å². The molecule has 3 aromatic rings. The lowest BCUT2D eigenvalue weighted by Crippen LogP contribution is -2.37. The van der Waals surface area contributed by atoms with Gasteiger partial charge in [-0.1, -0.05) is 42.5 Å². The Kier molecular flexibility index (Phi) is 3.49. The van der Waals surface area contributed by atoms with Crippen molar-refractivity contribution in [2.45, 2.75) is 12.0 Å². The van der Waals surface area contributed by atoms with Crippen molar-refractivity contribution >= 4 is 11.0 Å². The Hall–Kier alpha value is -2.17. The summed E-state index contributed by atoms with van der Waals surface area (Å²) >= 11 is 0. The summed E-state index contributed by atoms with van der Waals surface area (Å²) in [7, 11) is 1.96. The molecule has 0 fully saturated rings. The van der Waals surface area contributed by atoms with Crippen molar-refractivity contribution in [2.75, 3.05) is 6.54 Å². The molecule has 21 heavy (non-hydrogen) atoms. The lowest BCUT2D eigenvalue weighted by molar-refractivity contribution is 0.0436. The normalized spacial score (nSPS) is 14.2. The van der Waals surface area contributed by atoms with Gasteiger partial charge < -0.3 is 15.4 Å². The van der Waals surface area contributed by atoms with Crippen molar-refractivity contribution in [3.63, 3.8) is 0 Å². The maximum absolute atomic E-state index is 10.9. The van der Waals surface area contributed by atoms with Crippen LogP contribution in [0.1, 0.15) is 11.4 Å². The van der Waals surface area contributed by atoms with Crippen molar-refractivity contribution in [1.82, 2.24) is 9.55 Å². The Morgan fingerprint density at radius 1 is 1.10 bits per heavy atom. The number of nitrogens with two attached hydrogens (primary N) is 1. The third kappa shape index (κ3) is 2.44. The molecule has 2 aromatic carbocycles. The summed E-state index contributed by atoms with van der Waals surface area (Å²) in [6, 6.07) is 17.5. The van der Waals surface area contributed by atoms with Crippen LogP contribution in [-0.4, -0.2) is 21.2 Å². The van der Waals surface area contributed by atoms with Gasteiger partial charge in [-0.3, -0.25) is 0 Å². The number of rotatable bonds is 4. The number of aryl methyl sites for hydroxylation is 1. The molecule has 0 saturated carbocycles. The minimum atomic E-state index is -1.10. The molecule has 0 bridgehead atoms. The van der Waals surface area contributed by atoms with E-state index < -0.39 is 5.60 Å². The van der Waals surface area contributed by atoms with Crippen molar-refractivity contribution < 1.29 is 5.11 Å². The third-order valence-electron chi connectivity index (χ3n) is 3.98. The largest absolute Gasteiger partial charge is 0.383 e. The molecule has 0 aliphatic rings. The van der Waals surface area contributed by atoms with Gasteiger partial charge in [0.15, 0.2) is 0 Å². The highest BCUT2D eigenvalue weighted by Gasteiger charge is 2.30. The lowest BCUT2D eigenvalue weighted by Gasteiger charge is -2.26. The number of aromatic nitrogens is 2. The zero-order valence-electron chi connectivity index (χ0n) is 12.0. The SMILES string of the molecule is Cn1c(CC(O)(CN)c2ccccc2)nc2ccccc21. The van der Waals surface area contributed by atoms with Crippen molar-refractivity contribution in [2.24, 2.45) is 12.8 Å². The minimum absolute atomic E-state index is 0.153. The first-order valence-corrected chi connectivity index (χ1v) is 7.02. The van der Waals surface area contributed by atoms with Crippen molar-refractivity contribution in [3.8, 4) is 0 Å². The number of hydrogen-bond acceptors (Lipinski definition) is 3. The standard InChI is InChI=1S/C17H19N3O/c1-20-15-10-6-5-9-14(15)19-16(20)11-17(21,12-18)13-7-3-2-4-8-13/h2-10,21H,11-12,18H2,1H3. The average molecular weight is 281 g/mol.